The second-order valence-corrected chi connectivity index (χ2v) is 5.82. The lowest BCUT2D eigenvalue weighted by Crippen LogP contribution is -2.16. The van der Waals surface area contributed by atoms with Crippen molar-refractivity contribution in [1.82, 2.24) is 5.32 Å². The molecule has 1 rings (SSSR count). The van der Waals surface area contributed by atoms with Gasteiger partial charge in [-0.15, -0.1) is 0 Å². The van der Waals surface area contributed by atoms with Gasteiger partial charge in [-0.05, 0) is 32.9 Å². The molecule has 0 aromatic heterocycles. The smallest absolute Gasteiger partial charge is 0.0317 e. The fourth-order valence-electron chi connectivity index (χ4n) is 2.82. The zero-order chi connectivity index (χ0) is 14.1. The molecular formula is C18H31N. The summed E-state index contributed by atoms with van der Waals surface area (Å²) in [4.78, 5) is 0. The molecule has 1 atom stereocenters. The Morgan fingerprint density at radius 1 is 0.895 bits per heavy atom. The van der Waals surface area contributed by atoms with Crippen LogP contribution in [0, 0.1) is 13.8 Å². The molecule has 1 N–H and O–H groups in total. The van der Waals surface area contributed by atoms with Gasteiger partial charge in [0, 0.05) is 6.04 Å². The summed E-state index contributed by atoms with van der Waals surface area (Å²) in [5, 5.41) is 3.47. The van der Waals surface area contributed by atoms with E-state index >= 15 is 0 Å². The lowest BCUT2D eigenvalue weighted by atomic mass is 9.97. The van der Waals surface area contributed by atoms with E-state index in [1.807, 2.05) is 0 Å². The molecule has 0 amide bonds. The number of rotatable bonds is 9. The summed E-state index contributed by atoms with van der Waals surface area (Å²) in [6.07, 6.45) is 9.51. The summed E-state index contributed by atoms with van der Waals surface area (Å²) in [7, 11) is 2.08. The lowest BCUT2D eigenvalue weighted by molar-refractivity contribution is 0.497. The van der Waals surface area contributed by atoms with Crippen LogP contribution in [0.15, 0.2) is 18.2 Å². The third-order valence-corrected chi connectivity index (χ3v) is 3.84. The average Bonchev–Trinajstić information content (AvgIpc) is 2.37. The molecule has 0 aliphatic rings. The number of unbranched alkanes of at least 4 members (excludes halogenated alkanes) is 5. The maximum atomic E-state index is 3.47. The summed E-state index contributed by atoms with van der Waals surface area (Å²) < 4.78 is 0. The van der Waals surface area contributed by atoms with E-state index in [2.05, 4.69) is 51.3 Å². The van der Waals surface area contributed by atoms with Crippen molar-refractivity contribution in [3.63, 3.8) is 0 Å². The third kappa shape index (κ3) is 6.24. The molecule has 0 spiro atoms. The van der Waals surface area contributed by atoms with Crippen molar-refractivity contribution >= 4 is 0 Å². The van der Waals surface area contributed by atoms with Crippen molar-refractivity contribution < 1.29 is 0 Å². The fourth-order valence-corrected chi connectivity index (χ4v) is 2.82. The van der Waals surface area contributed by atoms with Crippen LogP contribution >= 0.6 is 0 Å². The fraction of sp³-hybridized carbons (Fsp3) is 0.667. The molecular weight excluding hydrogens is 230 g/mol. The quantitative estimate of drug-likeness (QED) is 0.594. The van der Waals surface area contributed by atoms with Crippen LogP contribution in [0.1, 0.15) is 74.6 Å². The Morgan fingerprint density at radius 3 is 2.05 bits per heavy atom. The summed E-state index contributed by atoms with van der Waals surface area (Å²) >= 11 is 0. The Hall–Kier alpha value is -0.820. The van der Waals surface area contributed by atoms with Gasteiger partial charge in [0.15, 0.2) is 0 Å². The third-order valence-electron chi connectivity index (χ3n) is 3.84. The maximum absolute atomic E-state index is 3.47. The van der Waals surface area contributed by atoms with Crippen LogP contribution in [-0.2, 0) is 0 Å². The Morgan fingerprint density at radius 2 is 1.47 bits per heavy atom. The largest absolute Gasteiger partial charge is 0.313 e. The number of hydrogen-bond acceptors (Lipinski definition) is 1. The Bertz CT molecular complexity index is 336. The standard InChI is InChI=1S/C18H31N/c1-5-6-7-8-9-10-11-18(19-4)17-13-15(2)12-16(3)14-17/h12-14,18-19H,5-11H2,1-4H3. The Balaban J connectivity index is 2.40. The predicted octanol–water partition coefficient (Wildman–Crippen LogP) is 5.31. The van der Waals surface area contributed by atoms with Crippen molar-refractivity contribution in [2.45, 2.75) is 71.8 Å². The highest BCUT2D eigenvalue weighted by Gasteiger charge is 2.09. The first-order valence-electron chi connectivity index (χ1n) is 7.92. The van der Waals surface area contributed by atoms with E-state index < -0.39 is 0 Å². The van der Waals surface area contributed by atoms with Crippen LogP contribution < -0.4 is 5.32 Å². The molecule has 19 heavy (non-hydrogen) atoms. The van der Waals surface area contributed by atoms with Crippen LogP contribution in [0.25, 0.3) is 0 Å². The van der Waals surface area contributed by atoms with Gasteiger partial charge in [0.1, 0.15) is 0 Å². The predicted molar refractivity (Wildman–Crippen MR) is 85.7 cm³/mol. The van der Waals surface area contributed by atoms with Gasteiger partial charge in [0.25, 0.3) is 0 Å². The van der Waals surface area contributed by atoms with Gasteiger partial charge >= 0.3 is 0 Å². The molecule has 0 aliphatic carbocycles. The van der Waals surface area contributed by atoms with E-state index in [-0.39, 0.29) is 0 Å². The highest BCUT2D eigenvalue weighted by molar-refractivity contribution is 5.30. The molecule has 0 bridgehead atoms. The normalized spacial score (nSPS) is 12.6. The number of nitrogens with one attached hydrogen (secondary N) is 1. The highest BCUT2D eigenvalue weighted by Crippen LogP contribution is 2.22. The summed E-state index contributed by atoms with van der Waals surface area (Å²) in [5.41, 5.74) is 4.20. The molecule has 0 saturated carbocycles. The Kier molecular flexibility index (Phi) is 7.81. The van der Waals surface area contributed by atoms with Crippen LogP contribution in [0.5, 0.6) is 0 Å². The maximum Gasteiger partial charge on any atom is 0.0317 e. The molecule has 1 unspecified atom stereocenters. The number of aryl methyl sites for hydroxylation is 2. The average molecular weight is 261 g/mol. The first-order valence-corrected chi connectivity index (χ1v) is 7.92. The minimum Gasteiger partial charge on any atom is -0.313 e. The van der Waals surface area contributed by atoms with Crippen molar-refractivity contribution in [2.75, 3.05) is 7.05 Å². The van der Waals surface area contributed by atoms with Gasteiger partial charge in [0.2, 0.25) is 0 Å². The van der Waals surface area contributed by atoms with E-state index in [1.165, 1.54) is 61.6 Å². The van der Waals surface area contributed by atoms with Crippen molar-refractivity contribution in [3.05, 3.63) is 34.9 Å². The first-order chi connectivity index (χ1) is 9.17. The van der Waals surface area contributed by atoms with E-state index in [0.29, 0.717) is 6.04 Å². The molecule has 1 aromatic rings. The summed E-state index contributed by atoms with van der Waals surface area (Å²) in [6, 6.07) is 7.42. The van der Waals surface area contributed by atoms with Crippen molar-refractivity contribution in [3.8, 4) is 0 Å². The minimum absolute atomic E-state index is 0.518. The van der Waals surface area contributed by atoms with Gasteiger partial charge < -0.3 is 5.32 Å². The van der Waals surface area contributed by atoms with Gasteiger partial charge in [-0.3, -0.25) is 0 Å². The lowest BCUT2D eigenvalue weighted by Gasteiger charge is -2.18. The van der Waals surface area contributed by atoms with Gasteiger partial charge in [-0.1, -0.05) is 74.8 Å². The topological polar surface area (TPSA) is 12.0 Å². The van der Waals surface area contributed by atoms with Crippen LogP contribution in [-0.4, -0.2) is 7.05 Å². The van der Waals surface area contributed by atoms with Gasteiger partial charge in [0.05, 0.1) is 0 Å². The second kappa shape index (κ2) is 9.14. The molecule has 0 aliphatic heterocycles. The minimum atomic E-state index is 0.518. The molecule has 0 heterocycles. The SMILES string of the molecule is CCCCCCCCC(NC)c1cc(C)cc(C)c1. The first kappa shape index (κ1) is 16.2. The molecule has 108 valence electrons. The van der Waals surface area contributed by atoms with E-state index in [1.54, 1.807) is 0 Å². The molecule has 0 fully saturated rings. The van der Waals surface area contributed by atoms with Gasteiger partial charge in [-0.25, -0.2) is 0 Å². The molecule has 0 saturated heterocycles. The number of hydrogen-bond donors (Lipinski definition) is 1. The zero-order valence-corrected chi connectivity index (χ0v) is 13.3. The van der Waals surface area contributed by atoms with Crippen molar-refractivity contribution in [2.24, 2.45) is 0 Å². The zero-order valence-electron chi connectivity index (χ0n) is 13.3. The summed E-state index contributed by atoms with van der Waals surface area (Å²) in [6.45, 7) is 6.65. The molecule has 1 heteroatoms. The van der Waals surface area contributed by atoms with Crippen LogP contribution in [0.3, 0.4) is 0 Å². The van der Waals surface area contributed by atoms with E-state index in [0.717, 1.165) is 0 Å². The molecule has 0 radical (unpaired) electrons. The number of benzene rings is 1. The summed E-state index contributed by atoms with van der Waals surface area (Å²) in [5.74, 6) is 0. The Labute approximate surface area is 119 Å². The van der Waals surface area contributed by atoms with Crippen molar-refractivity contribution in [1.29, 1.82) is 0 Å². The van der Waals surface area contributed by atoms with Gasteiger partial charge in [-0.2, -0.15) is 0 Å². The van der Waals surface area contributed by atoms with E-state index in [4.69, 9.17) is 0 Å². The van der Waals surface area contributed by atoms with Crippen LogP contribution in [0.2, 0.25) is 0 Å². The molecule has 1 aromatic carbocycles. The monoisotopic (exact) mass is 261 g/mol. The second-order valence-electron chi connectivity index (χ2n) is 5.82. The highest BCUT2D eigenvalue weighted by atomic mass is 14.9. The molecule has 1 nitrogen and oxygen atoms in total. The van der Waals surface area contributed by atoms with E-state index in [9.17, 15) is 0 Å². The van der Waals surface area contributed by atoms with Crippen LogP contribution in [0.4, 0.5) is 0 Å².